The molecule has 1 nitrogen and oxygen atoms in total. The number of nitrogen functional groups attached to an aromatic ring is 1. The first-order chi connectivity index (χ1) is 4.63. The van der Waals surface area contributed by atoms with Crippen molar-refractivity contribution in [2.24, 2.45) is 0 Å². The van der Waals surface area contributed by atoms with Gasteiger partial charge in [-0.2, -0.15) is 0 Å². The number of benzene rings is 1. The van der Waals surface area contributed by atoms with Gasteiger partial charge in [0.05, 0.1) is 10.2 Å². The summed E-state index contributed by atoms with van der Waals surface area (Å²) in [5, 5.41) is 0. The molecule has 0 aliphatic rings. The highest BCUT2D eigenvalue weighted by Crippen LogP contribution is 2.23. The van der Waals surface area contributed by atoms with Crippen LogP contribution in [0.1, 0.15) is 5.56 Å². The van der Waals surface area contributed by atoms with E-state index in [1.807, 2.05) is 0 Å². The van der Waals surface area contributed by atoms with Gasteiger partial charge in [0.15, 0.2) is 5.82 Å². The first kappa shape index (κ1) is 7.54. The van der Waals surface area contributed by atoms with Gasteiger partial charge in [-0.15, -0.1) is 0 Å². The summed E-state index contributed by atoms with van der Waals surface area (Å²) in [4.78, 5) is 0. The van der Waals surface area contributed by atoms with Crippen LogP contribution in [0.3, 0.4) is 0 Å². The average Bonchev–Trinajstić information content (AvgIpc) is 1.93. The predicted octanol–water partition coefficient (Wildman–Crippen LogP) is 2.48. The first-order valence-corrected chi connectivity index (χ1v) is 3.62. The summed E-state index contributed by atoms with van der Waals surface area (Å²) >= 11 is 3.03. The summed E-state index contributed by atoms with van der Waals surface area (Å²) in [6.07, 6.45) is 0. The fourth-order valence-electron chi connectivity index (χ4n) is 0.663. The number of nitrogens with two attached hydrogens (primary N) is 1. The van der Waals surface area contributed by atoms with E-state index in [1.54, 1.807) is 19.1 Å². The van der Waals surface area contributed by atoms with E-state index in [9.17, 15) is 4.39 Å². The van der Waals surface area contributed by atoms with Crippen LogP contribution in [-0.2, 0) is 0 Å². The van der Waals surface area contributed by atoms with Crippen LogP contribution in [0.15, 0.2) is 16.6 Å². The van der Waals surface area contributed by atoms with Gasteiger partial charge >= 0.3 is 0 Å². The molecule has 0 unspecified atom stereocenters. The van der Waals surface area contributed by atoms with Crippen molar-refractivity contribution in [1.29, 1.82) is 0 Å². The summed E-state index contributed by atoms with van der Waals surface area (Å²) < 4.78 is 13.2. The van der Waals surface area contributed by atoms with Gasteiger partial charge in [-0.3, -0.25) is 0 Å². The molecule has 0 bridgehead atoms. The smallest absolute Gasteiger partial charge is 0.160 e. The lowest BCUT2D eigenvalue weighted by Crippen LogP contribution is -1.94. The minimum Gasteiger partial charge on any atom is -0.396 e. The number of anilines is 1. The second-order valence-corrected chi connectivity index (χ2v) is 2.95. The third-order valence-electron chi connectivity index (χ3n) is 1.35. The van der Waals surface area contributed by atoms with Gasteiger partial charge in [0.1, 0.15) is 0 Å². The van der Waals surface area contributed by atoms with Crippen LogP contribution in [-0.4, -0.2) is 0 Å². The van der Waals surface area contributed by atoms with Crippen molar-refractivity contribution in [3.8, 4) is 0 Å². The molecule has 1 aromatic carbocycles. The number of aryl methyl sites for hydroxylation is 1. The summed E-state index contributed by atoms with van der Waals surface area (Å²) in [6, 6.07) is 3.41. The van der Waals surface area contributed by atoms with Crippen LogP contribution in [0.5, 0.6) is 0 Å². The highest BCUT2D eigenvalue weighted by molar-refractivity contribution is 9.10. The van der Waals surface area contributed by atoms with Crippen molar-refractivity contribution in [1.82, 2.24) is 0 Å². The number of hydrogen-bond acceptors (Lipinski definition) is 1. The largest absolute Gasteiger partial charge is 0.396 e. The monoisotopic (exact) mass is 203 g/mol. The lowest BCUT2D eigenvalue weighted by molar-refractivity contribution is 0.625. The first-order valence-electron chi connectivity index (χ1n) is 2.83. The molecule has 0 radical (unpaired) electrons. The normalized spacial score (nSPS) is 9.90. The molecule has 1 aromatic rings. The lowest BCUT2D eigenvalue weighted by atomic mass is 10.2. The molecule has 0 fully saturated rings. The highest BCUT2D eigenvalue weighted by atomic mass is 79.9. The van der Waals surface area contributed by atoms with Crippen molar-refractivity contribution >= 4 is 21.6 Å². The third kappa shape index (κ3) is 1.14. The fourth-order valence-corrected chi connectivity index (χ4v) is 1.01. The zero-order valence-electron chi connectivity index (χ0n) is 5.49. The van der Waals surface area contributed by atoms with Gasteiger partial charge in [-0.05, 0) is 34.5 Å². The Hall–Kier alpha value is -0.570. The van der Waals surface area contributed by atoms with Crippen LogP contribution in [0.4, 0.5) is 10.1 Å². The maximum absolute atomic E-state index is 12.8. The van der Waals surface area contributed by atoms with Gasteiger partial charge in [0, 0.05) is 0 Å². The predicted molar refractivity (Wildman–Crippen MR) is 43.2 cm³/mol. The van der Waals surface area contributed by atoms with E-state index in [0.29, 0.717) is 4.47 Å². The molecule has 54 valence electrons. The van der Waals surface area contributed by atoms with Crippen molar-refractivity contribution in [3.05, 3.63) is 28.0 Å². The molecule has 0 aliphatic heterocycles. The van der Waals surface area contributed by atoms with Gasteiger partial charge in [-0.25, -0.2) is 4.39 Å². The van der Waals surface area contributed by atoms with Crippen LogP contribution in [0.2, 0.25) is 0 Å². The molecule has 0 spiro atoms. The van der Waals surface area contributed by atoms with Crippen molar-refractivity contribution < 1.29 is 4.39 Å². The summed E-state index contributed by atoms with van der Waals surface area (Å²) in [5.41, 5.74) is 6.36. The molecular weight excluding hydrogens is 197 g/mol. The number of rotatable bonds is 0. The summed E-state index contributed by atoms with van der Waals surface area (Å²) in [7, 11) is 0. The molecule has 0 amide bonds. The molecule has 0 saturated carbocycles. The minimum atomic E-state index is -0.375. The van der Waals surface area contributed by atoms with Crippen LogP contribution >= 0.6 is 15.9 Å². The van der Waals surface area contributed by atoms with Gasteiger partial charge in [0.2, 0.25) is 0 Å². The van der Waals surface area contributed by atoms with Gasteiger partial charge in [0.25, 0.3) is 0 Å². The zero-order valence-corrected chi connectivity index (χ0v) is 7.07. The second-order valence-electron chi connectivity index (χ2n) is 2.09. The molecule has 0 heterocycles. The lowest BCUT2D eigenvalue weighted by Gasteiger charge is -2.01. The Balaban J connectivity index is 3.34. The molecule has 0 atom stereocenters. The van der Waals surface area contributed by atoms with Crippen molar-refractivity contribution in [3.63, 3.8) is 0 Å². The molecule has 0 aliphatic carbocycles. The van der Waals surface area contributed by atoms with E-state index in [1.165, 1.54) is 0 Å². The minimum absolute atomic E-state index is 0.217. The SMILES string of the molecule is Cc1ccc(Br)c(F)c1N. The molecule has 10 heavy (non-hydrogen) atoms. The number of halogens is 2. The van der Waals surface area contributed by atoms with E-state index in [2.05, 4.69) is 15.9 Å². The van der Waals surface area contributed by atoms with Gasteiger partial charge < -0.3 is 5.73 Å². The summed E-state index contributed by atoms with van der Waals surface area (Å²) in [6.45, 7) is 1.77. The van der Waals surface area contributed by atoms with E-state index in [4.69, 9.17) is 5.73 Å². The van der Waals surface area contributed by atoms with Crippen LogP contribution in [0.25, 0.3) is 0 Å². The number of hydrogen-bond donors (Lipinski definition) is 1. The van der Waals surface area contributed by atoms with E-state index >= 15 is 0 Å². The Labute approximate surface area is 67.2 Å². The average molecular weight is 204 g/mol. The standard InChI is InChI=1S/C7H7BrFN/c1-4-2-3-5(8)6(9)7(4)10/h2-3H,10H2,1H3. The second kappa shape index (κ2) is 2.58. The molecule has 2 N–H and O–H groups in total. The Morgan fingerprint density at radius 1 is 1.50 bits per heavy atom. The van der Waals surface area contributed by atoms with E-state index in [-0.39, 0.29) is 11.5 Å². The fraction of sp³-hybridized carbons (Fsp3) is 0.143. The third-order valence-corrected chi connectivity index (χ3v) is 1.96. The molecule has 0 aromatic heterocycles. The molecule has 0 saturated heterocycles. The van der Waals surface area contributed by atoms with Crippen molar-refractivity contribution in [2.75, 3.05) is 5.73 Å². The van der Waals surface area contributed by atoms with Crippen LogP contribution < -0.4 is 5.73 Å². The molecule has 1 rings (SSSR count). The molecular formula is C7H7BrFN. The van der Waals surface area contributed by atoms with Crippen LogP contribution in [0, 0.1) is 12.7 Å². The van der Waals surface area contributed by atoms with E-state index < -0.39 is 0 Å². The highest BCUT2D eigenvalue weighted by Gasteiger charge is 2.04. The van der Waals surface area contributed by atoms with E-state index in [0.717, 1.165) is 5.56 Å². The maximum atomic E-state index is 12.8. The zero-order chi connectivity index (χ0) is 7.72. The molecule has 3 heteroatoms. The Morgan fingerprint density at radius 3 is 2.60 bits per heavy atom. The quantitative estimate of drug-likeness (QED) is 0.645. The van der Waals surface area contributed by atoms with Gasteiger partial charge in [-0.1, -0.05) is 6.07 Å². The maximum Gasteiger partial charge on any atom is 0.160 e. The van der Waals surface area contributed by atoms with Crippen molar-refractivity contribution in [2.45, 2.75) is 6.92 Å². The topological polar surface area (TPSA) is 26.0 Å². The Bertz CT molecular complexity index is 233. The summed E-state index contributed by atoms with van der Waals surface area (Å²) in [5.74, 6) is -0.375. The Morgan fingerprint density at radius 2 is 2.10 bits per heavy atom. The Kier molecular flexibility index (Phi) is 1.94.